The second-order valence-electron chi connectivity index (χ2n) is 14.7. The predicted molar refractivity (Wildman–Crippen MR) is 226 cm³/mol. The van der Waals surface area contributed by atoms with Crippen LogP contribution >= 0.6 is 0 Å². The van der Waals surface area contributed by atoms with Crippen LogP contribution in [0.3, 0.4) is 0 Å². The van der Waals surface area contributed by atoms with Gasteiger partial charge in [0.2, 0.25) is 0 Å². The highest BCUT2D eigenvalue weighted by molar-refractivity contribution is 6.12. The van der Waals surface area contributed by atoms with Gasteiger partial charge in [-0.05, 0) is 81.9 Å². The number of hydrogen-bond donors (Lipinski definition) is 0. The molecule has 290 valence electrons. The number of benzene rings is 8. The van der Waals surface area contributed by atoms with Crippen molar-refractivity contribution in [1.29, 1.82) is 5.26 Å². The fourth-order valence-electron chi connectivity index (χ4n) is 8.52. The third-order valence-electron chi connectivity index (χ3n) is 11.2. The van der Waals surface area contributed by atoms with Crippen LogP contribution in [-0.4, -0.2) is 9.13 Å². The van der Waals surface area contributed by atoms with Crippen LogP contribution in [-0.2, 0) is 12.4 Å². The van der Waals surface area contributed by atoms with E-state index >= 15 is 13.2 Å². The van der Waals surface area contributed by atoms with Gasteiger partial charge < -0.3 is 9.13 Å². The highest BCUT2D eigenvalue weighted by Crippen LogP contribution is 2.45. The van der Waals surface area contributed by atoms with Crippen molar-refractivity contribution in [2.24, 2.45) is 0 Å². The Morgan fingerprint density at radius 2 is 0.833 bits per heavy atom. The summed E-state index contributed by atoms with van der Waals surface area (Å²) < 4.78 is 90.7. The summed E-state index contributed by atoms with van der Waals surface area (Å²) in [4.78, 5) is 0. The molecule has 2 heterocycles. The Kier molecular flexibility index (Phi) is 8.44. The van der Waals surface area contributed by atoms with Crippen molar-refractivity contribution in [3.8, 4) is 50.8 Å². The minimum atomic E-state index is -5.15. The average molecular weight is 798 g/mol. The molecule has 0 N–H and O–H groups in total. The first-order valence-corrected chi connectivity index (χ1v) is 19.0. The molecule has 0 amide bonds. The Bertz CT molecular complexity index is 3170. The standard InChI is InChI=1S/C51H29F6N3/c52-50(53,54)36-21-24-37(43(29-36)51(55,56)57)35-27-48(59-44-17-9-7-15-38(44)40-22-19-33(25-46(40)59)31-11-3-1-4-12-31)42(30-58)49(28-35)60-45-18-10-8-16-39(45)41-23-20-34(26-47(41)60)32-13-5-2-6-14-32/h1-29H. The van der Waals surface area contributed by atoms with Gasteiger partial charge in [0, 0.05) is 21.5 Å². The van der Waals surface area contributed by atoms with E-state index in [1.165, 1.54) is 12.1 Å². The maximum Gasteiger partial charge on any atom is 0.417 e. The molecule has 0 unspecified atom stereocenters. The Morgan fingerprint density at radius 1 is 0.383 bits per heavy atom. The molecule has 0 aliphatic rings. The van der Waals surface area contributed by atoms with Gasteiger partial charge in [0.1, 0.15) is 11.6 Å². The molecule has 0 saturated heterocycles. The number of fused-ring (bicyclic) bond motifs is 6. The highest BCUT2D eigenvalue weighted by Gasteiger charge is 2.39. The summed E-state index contributed by atoms with van der Waals surface area (Å²) >= 11 is 0. The minimum absolute atomic E-state index is 0.0182. The average Bonchev–Trinajstić information content (AvgIpc) is 3.77. The first kappa shape index (κ1) is 36.7. The van der Waals surface area contributed by atoms with Crippen molar-refractivity contribution in [3.63, 3.8) is 0 Å². The van der Waals surface area contributed by atoms with Crippen LogP contribution in [0.5, 0.6) is 0 Å². The summed E-state index contributed by atoms with van der Waals surface area (Å²) in [6.07, 6.45) is -10.2. The van der Waals surface area contributed by atoms with E-state index in [-0.39, 0.29) is 28.6 Å². The van der Waals surface area contributed by atoms with Crippen LogP contribution in [0, 0.1) is 11.3 Å². The molecule has 0 spiro atoms. The Labute approximate surface area is 339 Å². The third kappa shape index (κ3) is 5.99. The first-order chi connectivity index (χ1) is 29.0. The van der Waals surface area contributed by atoms with Gasteiger partial charge in [-0.3, -0.25) is 0 Å². The van der Waals surface area contributed by atoms with Crippen LogP contribution in [0.1, 0.15) is 16.7 Å². The van der Waals surface area contributed by atoms with Crippen molar-refractivity contribution in [2.75, 3.05) is 0 Å². The van der Waals surface area contributed by atoms with Crippen LogP contribution in [0.4, 0.5) is 26.3 Å². The second-order valence-corrected chi connectivity index (χ2v) is 14.7. The normalized spacial score (nSPS) is 12.2. The summed E-state index contributed by atoms with van der Waals surface area (Å²) in [5.74, 6) is 0. The largest absolute Gasteiger partial charge is 0.417 e. The molecular formula is C51H29F6N3. The van der Waals surface area contributed by atoms with Gasteiger partial charge in [0.15, 0.2) is 0 Å². The molecule has 10 rings (SSSR count). The number of rotatable bonds is 5. The summed E-state index contributed by atoms with van der Waals surface area (Å²) in [7, 11) is 0. The monoisotopic (exact) mass is 797 g/mol. The summed E-state index contributed by atoms with van der Waals surface area (Å²) in [6.45, 7) is 0. The molecule has 3 nitrogen and oxygen atoms in total. The number of aromatic nitrogens is 2. The topological polar surface area (TPSA) is 33.6 Å². The number of para-hydroxylation sites is 2. The maximum absolute atomic E-state index is 15.0. The molecular weight excluding hydrogens is 769 g/mol. The summed E-state index contributed by atoms with van der Waals surface area (Å²) in [6, 6.07) is 53.7. The number of nitrogens with zero attached hydrogens (tertiary/aromatic N) is 3. The zero-order chi connectivity index (χ0) is 41.3. The van der Waals surface area contributed by atoms with Gasteiger partial charge in [-0.25, -0.2) is 0 Å². The molecule has 0 bridgehead atoms. The molecule has 8 aromatic carbocycles. The van der Waals surface area contributed by atoms with E-state index in [9.17, 15) is 18.4 Å². The summed E-state index contributed by atoms with van der Waals surface area (Å²) in [5.41, 5.74) is 3.72. The van der Waals surface area contributed by atoms with Gasteiger partial charge in [0.05, 0.1) is 44.6 Å². The molecule has 10 aromatic rings. The quantitative estimate of drug-likeness (QED) is 0.160. The lowest BCUT2D eigenvalue weighted by Gasteiger charge is -2.21. The zero-order valence-corrected chi connectivity index (χ0v) is 31.4. The van der Waals surface area contributed by atoms with Crippen LogP contribution in [0.25, 0.3) is 88.4 Å². The predicted octanol–water partition coefficient (Wildman–Crippen LogP) is 14.8. The maximum atomic E-state index is 15.0. The van der Waals surface area contributed by atoms with Gasteiger partial charge in [0.25, 0.3) is 0 Å². The van der Waals surface area contributed by atoms with Gasteiger partial charge >= 0.3 is 12.4 Å². The Hall–Kier alpha value is -7.57. The molecule has 0 aliphatic heterocycles. The fraction of sp³-hybridized carbons (Fsp3) is 0.0392. The number of nitriles is 1. The molecule has 2 aromatic heterocycles. The molecule has 0 aliphatic carbocycles. The first-order valence-electron chi connectivity index (χ1n) is 19.0. The third-order valence-corrected chi connectivity index (χ3v) is 11.2. The Morgan fingerprint density at radius 3 is 1.28 bits per heavy atom. The zero-order valence-electron chi connectivity index (χ0n) is 31.4. The molecule has 60 heavy (non-hydrogen) atoms. The fourth-order valence-corrected chi connectivity index (χ4v) is 8.52. The lowest BCUT2D eigenvalue weighted by molar-refractivity contribution is -0.142. The van der Waals surface area contributed by atoms with Crippen molar-refractivity contribution < 1.29 is 26.3 Å². The lowest BCUT2D eigenvalue weighted by atomic mass is 9.94. The van der Waals surface area contributed by atoms with Crippen molar-refractivity contribution >= 4 is 43.6 Å². The Balaban J connectivity index is 1.37. The van der Waals surface area contributed by atoms with Gasteiger partial charge in [-0.15, -0.1) is 0 Å². The molecule has 0 fully saturated rings. The molecule has 0 radical (unpaired) electrons. The SMILES string of the molecule is N#Cc1c(-n2c3ccccc3c3ccc(-c4ccccc4)cc32)cc(-c2ccc(C(F)(F)F)cc2C(F)(F)F)cc1-n1c2ccccc2c2ccc(-c3ccccc3)cc21. The minimum Gasteiger partial charge on any atom is -0.308 e. The van der Waals surface area contributed by atoms with Gasteiger partial charge in [-0.1, -0.05) is 127 Å². The van der Waals surface area contributed by atoms with E-state index in [0.29, 0.717) is 28.1 Å². The van der Waals surface area contributed by atoms with Crippen LogP contribution in [0.15, 0.2) is 176 Å². The second kappa shape index (κ2) is 13.8. The smallest absolute Gasteiger partial charge is 0.308 e. The lowest BCUT2D eigenvalue weighted by Crippen LogP contribution is -2.12. The highest BCUT2D eigenvalue weighted by atomic mass is 19.4. The van der Waals surface area contributed by atoms with E-state index in [1.807, 2.05) is 155 Å². The van der Waals surface area contributed by atoms with Crippen LogP contribution < -0.4 is 0 Å². The number of alkyl halides is 6. The summed E-state index contributed by atoms with van der Waals surface area (Å²) in [5, 5.41) is 14.7. The van der Waals surface area contributed by atoms with Crippen molar-refractivity contribution in [1.82, 2.24) is 9.13 Å². The van der Waals surface area contributed by atoms with Crippen molar-refractivity contribution in [2.45, 2.75) is 12.4 Å². The van der Waals surface area contributed by atoms with Crippen molar-refractivity contribution in [3.05, 3.63) is 193 Å². The molecule has 0 atom stereocenters. The van der Waals surface area contributed by atoms with Gasteiger partial charge in [-0.2, -0.15) is 31.6 Å². The number of hydrogen-bond acceptors (Lipinski definition) is 1. The van der Waals surface area contributed by atoms with E-state index in [0.717, 1.165) is 49.9 Å². The number of halogens is 6. The molecule has 0 saturated carbocycles. The molecule has 9 heteroatoms. The van der Waals surface area contributed by atoms with E-state index < -0.39 is 29.0 Å². The van der Waals surface area contributed by atoms with E-state index in [4.69, 9.17) is 0 Å². The van der Waals surface area contributed by atoms with E-state index in [1.54, 1.807) is 0 Å². The van der Waals surface area contributed by atoms with E-state index in [2.05, 4.69) is 6.07 Å². The van der Waals surface area contributed by atoms with Crippen LogP contribution in [0.2, 0.25) is 0 Å².